The number of nitrogen functional groups attached to an aromatic ring is 1. The number of nitrogens with zero attached hydrogens (tertiary/aromatic N) is 3. The summed E-state index contributed by atoms with van der Waals surface area (Å²) >= 11 is 8.27. The molecule has 0 radical (unpaired) electrons. The van der Waals surface area contributed by atoms with Crippen LogP contribution < -0.4 is 10.5 Å². The summed E-state index contributed by atoms with van der Waals surface area (Å²) in [4.78, 5) is 25.2. The number of hydrogen-bond acceptors (Lipinski definition) is 6. The standard InChI is InChI=1S/C30H33ClN4O2S/c1-3-19-9-12-23(13-10-19)35(29(36)28-27(31)24-7-5-6-8-26(24)38-28)18-21-15-20(11-14-25(21)37-4-2)22-16-33-30(32)34-17-22/h5-8,11,14-17,19,23H,3-4,9-10,12-13,18H2,1-2H3,(H2,32,33,34). The number of carbonyl (C=O) groups is 1. The Morgan fingerprint density at radius 2 is 1.82 bits per heavy atom. The van der Waals surface area contributed by atoms with Crippen molar-refractivity contribution in [2.75, 3.05) is 12.3 Å². The van der Waals surface area contributed by atoms with Crippen LogP contribution in [0.25, 0.3) is 21.2 Å². The van der Waals surface area contributed by atoms with Gasteiger partial charge in [0.15, 0.2) is 0 Å². The van der Waals surface area contributed by atoms with Crippen molar-refractivity contribution >= 4 is 44.9 Å². The van der Waals surface area contributed by atoms with Gasteiger partial charge in [-0.3, -0.25) is 4.79 Å². The Hall–Kier alpha value is -3.16. The minimum absolute atomic E-state index is 0.0141. The van der Waals surface area contributed by atoms with Crippen LogP contribution in [0.2, 0.25) is 5.02 Å². The number of amides is 1. The average molecular weight is 549 g/mol. The molecule has 1 saturated carbocycles. The van der Waals surface area contributed by atoms with Gasteiger partial charge >= 0.3 is 0 Å². The van der Waals surface area contributed by atoms with Gasteiger partial charge in [-0.05, 0) is 62.3 Å². The van der Waals surface area contributed by atoms with E-state index in [4.69, 9.17) is 22.1 Å². The number of aromatic nitrogens is 2. The molecule has 5 rings (SSSR count). The Morgan fingerprint density at radius 3 is 2.50 bits per heavy atom. The van der Waals surface area contributed by atoms with Crippen LogP contribution in [-0.2, 0) is 6.54 Å². The number of nitrogens with two attached hydrogens (primary N) is 1. The van der Waals surface area contributed by atoms with Gasteiger partial charge in [0.25, 0.3) is 5.91 Å². The first kappa shape index (κ1) is 26.4. The van der Waals surface area contributed by atoms with Gasteiger partial charge in [0.2, 0.25) is 5.95 Å². The summed E-state index contributed by atoms with van der Waals surface area (Å²) in [5, 5.41) is 1.47. The number of fused-ring (bicyclic) bond motifs is 1. The fraction of sp³-hybridized carbons (Fsp3) is 0.367. The van der Waals surface area contributed by atoms with Crippen molar-refractivity contribution < 1.29 is 9.53 Å². The maximum absolute atomic E-state index is 14.2. The van der Waals surface area contributed by atoms with E-state index in [0.29, 0.717) is 23.1 Å². The molecule has 0 saturated heterocycles. The van der Waals surface area contributed by atoms with Crippen LogP contribution in [0, 0.1) is 5.92 Å². The second-order valence-electron chi connectivity index (χ2n) is 9.84. The van der Waals surface area contributed by atoms with Crippen LogP contribution in [-0.4, -0.2) is 33.4 Å². The average Bonchev–Trinajstić information content (AvgIpc) is 3.29. The lowest BCUT2D eigenvalue weighted by Gasteiger charge is -2.37. The van der Waals surface area contributed by atoms with Gasteiger partial charge in [-0.15, -0.1) is 11.3 Å². The molecular weight excluding hydrogens is 516 g/mol. The number of carbonyl (C=O) groups excluding carboxylic acids is 1. The molecule has 38 heavy (non-hydrogen) atoms. The summed E-state index contributed by atoms with van der Waals surface area (Å²) in [5.41, 5.74) is 8.46. The minimum atomic E-state index is -0.0141. The molecule has 8 heteroatoms. The zero-order valence-corrected chi connectivity index (χ0v) is 23.4. The molecule has 1 fully saturated rings. The first-order valence-corrected chi connectivity index (χ1v) is 14.5. The lowest BCUT2D eigenvalue weighted by atomic mass is 9.83. The van der Waals surface area contributed by atoms with E-state index >= 15 is 0 Å². The molecule has 6 nitrogen and oxygen atoms in total. The monoisotopic (exact) mass is 548 g/mol. The van der Waals surface area contributed by atoms with E-state index in [-0.39, 0.29) is 17.9 Å². The summed E-state index contributed by atoms with van der Waals surface area (Å²) in [6.45, 7) is 5.20. The third-order valence-corrected chi connectivity index (χ3v) is 9.19. The Morgan fingerprint density at radius 1 is 1.08 bits per heavy atom. The molecule has 4 aromatic rings. The molecule has 2 heterocycles. The number of hydrogen-bond donors (Lipinski definition) is 1. The number of thiophene rings is 1. The van der Waals surface area contributed by atoms with Crippen molar-refractivity contribution in [1.82, 2.24) is 14.9 Å². The fourth-order valence-electron chi connectivity index (χ4n) is 5.36. The van der Waals surface area contributed by atoms with Crippen LogP contribution in [0.15, 0.2) is 54.9 Å². The Bertz CT molecular complexity index is 1410. The molecule has 198 valence electrons. The number of ether oxygens (including phenoxy) is 1. The topological polar surface area (TPSA) is 81.3 Å². The highest BCUT2D eigenvalue weighted by Gasteiger charge is 2.32. The van der Waals surface area contributed by atoms with E-state index in [9.17, 15) is 4.79 Å². The Labute approximate surface area is 232 Å². The molecule has 1 aliphatic carbocycles. The highest BCUT2D eigenvalue weighted by atomic mass is 35.5. The highest BCUT2D eigenvalue weighted by molar-refractivity contribution is 7.21. The summed E-state index contributed by atoms with van der Waals surface area (Å²) in [7, 11) is 0. The number of halogens is 1. The molecule has 0 spiro atoms. The molecule has 0 atom stereocenters. The summed E-state index contributed by atoms with van der Waals surface area (Å²) in [6.07, 6.45) is 8.85. The van der Waals surface area contributed by atoms with Crippen LogP contribution in [0.5, 0.6) is 5.75 Å². The number of anilines is 1. The first-order chi connectivity index (χ1) is 18.5. The van der Waals surface area contributed by atoms with Gasteiger partial charge in [0.1, 0.15) is 10.6 Å². The van der Waals surface area contributed by atoms with E-state index in [1.54, 1.807) is 12.4 Å². The van der Waals surface area contributed by atoms with E-state index < -0.39 is 0 Å². The maximum Gasteiger partial charge on any atom is 0.266 e. The normalized spacial score (nSPS) is 17.4. The van der Waals surface area contributed by atoms with Gasteiger partial charge in [0.05, 0.1) is 11.6 Å². The lowest BCUT2D eigenvalue weighted by Crippen LogP contribution is -2.41. The van der Waals surface area contributed by atoms with E-state index in [0.717, 1.165) is 64.1 Å². The molecule has 2 N–H and O–H groups in total. The second kappa shape index (κ2) is 11.7. The van der Waals surface area contributed by atoms with Crippen LogP contribution in [0.4, 0.5) is 5.95 Å². The van der Waals surface area contributed by atoms with Crippen molar-refractivity contribution in [3.8, 4) is 16.9 Å². The minimum Gasteiger partial charge on any atom is -0.494 e. The molecule has 1 amide bonds. The third-order valence-electron chi connectivity index (χ3n) is 7.53. The SMILES string of the molecule is CCOc1ccc(-c2cnc(N)nc2)cc1CN(C(=O)c1sc2ccccc2c1Cl)C1CCC(CC)CC1. The lowest BCUT2D eigenvalue weighted by molar-refractivity contribution is 0.0590. The van der Waals surface area contributed by atoms with Crippen molar-refractivity contribution in [2.24, 2.45) is 5.92 Å². The summed E-state index contributed by atoms with van der Waals surface area (Å²) < 4.78 is 7.04. The van der Waals surface area contributed by atoms with E-state index in [1.807, 2.05) is 48.2 Å². The largest absolute Gasteiger partial charge is 0.494 e. The van der Waals surface area contributed by atoms with Crippen LogP contribution in [0.1, 0.15) is 61.2 Å². The van der Waals surface area contributed by atoms with Crippen LogP contribution >= 0.6 is 22.9 Å². The molecule has 1 aliphatic rings. The van der Waals surface area contributed by atoms with Gasteiger partial charge in [-0.2, -0.15) is 0 Å². The molecule has 2 aromatic carbocycles. The third kappa shape index (κ3) is 5.49. The van der Waals surface area contributed by atoms with Crippen molar-refractivity contribution in [3.05, 3.63) is 70.3 Å². The fourth-order valence-corrected chi connectivity index (χ4v) is 6.83. The quantitative estimate of drug-likeness (QED) is 0.245. The predicted molar refractivity (Wildman–Crippen MR) is 156 cm³/mol. The Balaban J connectivity index is 1.53. The zero-order valence-electron chi connectivity index (χ0n) is 21.8. The van der Waals surface area contributed by atoms with Gasteiger partial charge in [0, 0.05) is 46.2 Å². The van der Waals surface area contributed by atoms with Crippen molar-refractivity contribution in [1.29, 1.82) is 0 Å². The van der Waals surface area contributed by atoms with Crippen molar-refractivity contribution in [3.63, 3.8) is 0 Å². The highest BCUT2D eigenvalue weighted by Crippen LogP contribution is 2.39. The van der Waals surface area contributed by atoms with Crippen molar-refractivity contribution in [2.45, 2.75) is 58.5 Å². The molecule has 0 unspecified atom stereocenters. The number of benzene rings is 2. The first-order valence-electron chi connectivity index (χ1n) is 13.3. The molecule has 0 bridgehead atoms. The van der Waals surface area contributed by atoms with Crippen LogP contribution in [0.3, 0.4) is 0 Å². The summed E-state index contributed by atoms with van der Waals surface area (Å²) in [6, 6.07) is 14.1. The molecule has 2 aromatic heterocycles. The zero-order chi connectivity index (χ0) is 26.6. The summed E-state index contributed by atoms with van der Waals surface area (Å²) in [5.74, 6) is 1.72. The molecule has 0 aliphatic heterocycles. The van der Waals surface area contributed by atoms with E-state index in [2.05, 4.69) is 23.0 Å². The maximum atomic E-state index is 14.2. The predicted octanol–water partition coefficient (Wildman–Crippen LogP) is 7.60. The molecular formula is C30H33ClN4O2S. The number of rotatable bonds is 8. The smallest absolute Gasteiger partial charge is 0.266 e. The van der Waals surface area contributed by atoms with Gasteiger partial charge < -0.3 is 15.4 Å². The second-order valence-corrected chi connectivity index (χ2v) is 11.3. The Kier molecular flexibility index (Phi) is 8.15. The van der Waals surface area contributed by atoms with Gasteiger partial charge in [-0.1, -0.05) is 49.2 Å². The van der Waals surface area contributed by atoms with Gasteiger partial charge in [-0.25, -0.2) is 9.97 Å². The van der Waals surface area contributed by atoms with E-state index in [1.165, 1.54) is 17.8 Å².